The van der Waals surface area contributed by atoms with E-state index in [1.54, 1.807) is 0 Å². The maximum absolute atomic E-state index is 13.4. The van der Waals surface area contributed by atoms with Crippen LogP contribution < -0.4 is 10.6 Å². The molecule has 112 valence electrons. The molecule has 0 saturated carbocycles. The Morgan fingerprint density at radius 1 is 1.14 bits per heavy atom. The van der Waals surface area contributed by atoms with Gasteiger partial charge in [0.25, 0.3) is 0 Å². The van der Waals surface area contributed by atoms with Crippen molar-refractivity contribution in [1.82, 2.24) is 9.88 Å². The van der Waals surface area contributed by atoms with Crippen molar-refractivity contribution in [3.05, 3.63) is 53.1 Å². The minimum absolute atomic E-state index is 0.224. The van der Waals surface area contributed by atoms with Gasteiger partial charge in [0.2, 0.25) is 0 Å². The molecule has 2 N–H and O–H groups in total. The fraction of sp³-hybridized carbons (Fsp3) is 0.214. The molecule has 4 nitrogen and oxygen atoms in total. The number of amides is 2. The normalized spacial score (nSPS) is 10.5. The molecular formula is C14H14F3N3O. The lowest BCUT2D eigenvalue weighted by Crippen LogP contribution is -2.29. The van der Waals surface area contributed by atoms with Crippen LogP contribution in [0.4, 0.5) is 23.7 Å². The Balaban J connectivity index is 1.99. The van der Waals surface area contributed by atoms with Gasteiger partial charge < -0.3 is 15.2 Å². The first kappa shape index (κ1) is 15.0. The van der Waals surface area contributed by atoms with Gasteiger partial charge in [-0.05, 0) is 31.2 Å². The number of aromatic nitrogens is 1. The second-order valence-corrected chi connectivity index (χ2v) is 4.56. The summed E-state index contributed by atoms with van der Waals surface area (Å²) in [6, 6.07) is 4.73. The molecule has 1 aromatic carbocycles. The van der Waals surface area contributed by atoms with Crippen LogP contribution in [0.5, 0.6) is 0 Å². The van der Waals surface area contributed by atoms with Crippen molar-refractivity contribution in [2.24, 2.45) is 7.05 Å². The zero-order valence-corrected chi connectivity index (χ0v) is 11.5. The van der Waals surface area contributed by atoms with E-state index in [-0.39, 0.29) is 6.54 Å². The summed E-state index contributed by atoms with van der Waals surface area (Å²) in [6.07, 6.45) is 0. The van der Waals surface area contributed by atoms with E-state index >= 15 is 0 Å². The number of benzene rings is 1. The van der Waals surface area contributed by atoms with E-state index in [1.807, 2.05) is 30.7 Å². The number of anilines is 1. The predicted molar refractivity (Wildman–Crippen MR) is 72.3 cm³/mol. The van der Waals surface area contributed by atoms with E-state index in [9.17, 15) is 18.0 Å². The zero-order valence-electron chi connectivity index (χ0n) is 11.5. The van der Waals surface area contributed by atoms with Gasteiger partial charge in [0.15, 0.2) is 17.5 Å². The lowest BCUT2D eigenvalue weighted by Gasteiger charge is -2.10. The Morgan fingerprint density at radius 2 is 1.86 bits per heavy atom. The lowest BCUT2D eigenvalue weighted by atomic mass is 10.3. The number of nitrogens with one attached hydrogen (secondary N) is 2. The third-order valence-corrected chi connectivity index (χ3v) is 3.19. The van der Waals surface area contributed by atoms with Crippen molar-refractivity contribution < 1.29 is 18.0 Å². The van der Waals surface area contributed by atoms with Crippen LogP contribution in [0, 0.1) is 24.4 Å². The molecule has 1 aromatic heterocycles. The van der Waals surface area contributed by atoms with Crippen LogP contribution in [0.25, 0.3) is 0 Å². The van der Waals surface area contributed by atoms with Gasteiger partial charge in [0.05, 0.1) is 12.2 Å². The number of nitrogens with zero attached hydrogens (tertiary/aromatic N) is 1. The molecule has 2 amide bonds. The second kappa shape index (κ2) is 5.90. The zero-order chi connectivity index (χ0) is 15.6. The Labute approximate surface area is 119 Å². The van der Waals surface area contributed by atoms with Gasteiger partial charge in [-0.1, -0.05) is 0 Å². The fourth-order valence-electron chi connectivity index (χ4n) is 1.80. The average Bonchev–Trinajstić information content (AvgIpc) is 2.77. The number of urea groups is 1. The van der Waals surface area contributed by atoms with Gasteiger partial charge in [-0.2, -0.15) is 0 Å². The van der Waals surface area contributed by atoms with Gasteiger partial charge in [-0.3, -0.25) is 0 Å². The van der Waals surface area contributed by atoms with Crippen molar-refractivity contribution in [3.63, 3.8) is 0 Å². The van der Waals surface area contributed by atoms with Crippen LogP contribution in [0.15, 0.2) is 24.3 Å². The SMILES string of the molecule is Cc1ccc(CNC(=O)Nc2ccc(F)c(F)c2F)n1C. The van der Waals surface area contributed by atoms with Crippen molar-refractivity contribution in [1.29, 1.82) is 0 Å². The highest BCUT2D eigenvalue weighted by molar-refractivity contribution is 5.89. The van der Waals surface area contributed by atoms with E-state index in [4.69, 9.17) is 0 Å². The minimum Gasteiger partial charge on any atom is -0.350 e. The molecule has 7 heteroatoms. The number of rotatable bonds is 3. The molecule has 0 atom stereocenters. The Morgan fingerprint density at radius 3 is 2.48 bits per heavy atom. The Kier molecular flexibility index (Phi) is 4.21. The van der Waals surface area contributed by atoms with Gasteiger partial charge in [-0.25, -0.2) is 18.0 Å². The number of carbonyl (C=O) groups excluding carboxylic acids is 1. The highest BCUT2D eigenvalue weighted by Crippen LogP contribution is 2.19. The third kappa shape index (κ3) is 3.18. The second-order valence-electron chi connectivity index (χ2n) is 4.56. The summed E-state index contributed by atoms with van der Waals surface area (Å²) in [6.45, 7) is 2.14. The maximum atomic E-state index is 13.4. The fourth-order valence-corrected chi connectivity index (χ4v) is 1.80. The van der Waals surface area contributed by atoms with Crippen LogP contribution in [0.1, 0.15) is 11.4 Å². The quantitative estimate of drug-likeness (QED) is 0.840. The summed E-state index contributed by atoms with van der Waals surface area (Å²) < 4.78 is 41.1. The topological polar surface area (TPSA) is 46.1 Å². The molecule has 0 fully saturated rings. The molecule has 2 rings (SSSR count). The smallest absolute Gasteiger partial charge is 0.319 e. The van der Waals surface area contributed by atoms with Crippen molar-refractivity contribution in [2.75, 3.05) is 5.32 Å². The molecule has 0 saturated heterocycles. The van der Waals surface area contributed by atoms with E-state index < -0.39 is 29.2 Å². The monoisotopic (exact) mass is 297 g/mol. The highest BCUT2D eigenvalue weighted by Gasteiger charge is 2.15. The van der Waals surface area contributed by atoms with Gasteiger partial charge in [0, 0.05) is 18.4 Å². The van der Waals surface area contributed by atoms with Crippen LogP contribution >= 0.6 is 0 Å². The number of hydrogen-bond acceptors (Lipinski definition) is 1. The summed E-state index contributed by atoms with van der Waals surface area (Å²) in [5.41, 5.74) is 1.46. The van der Waals surface area contributed by atoms with Crippen LogP contribution in [-0.2, 0) is 13.6 Å². The van der Waals surface area contributed by atoms with Crippen LogP contribution in [0.2, 0.25) is 0 Å². The summed E-state index contributed by atoms with van der Waals surface area (Å²) >= 11 is 0. The molecular weight excluding hydrogens is 283 g/mol. The lowest BCUT2D eigenvalue weighted by molar-refractivity contribution is 0.251. The first-order chi connectivity index (χ1) is 9.90. The molecule has 0 aliphatic carbocycles. The number of carbonyl (C=O) groups is 1. The first-order valence-electron chi connectivity index (χ1n) is 6.19. The third-order valence-electron chi connectivity index (χ3n) is 3.19. The van der Waals surface area contributed by atoms with Crippen molar-refractivity contribution in [3.8, 4) is 0 Å². The Hall–Kier alpha value is -2.44. The molecule has 0 aliphatic rings. The largest absolute Gasteiger partial charge is 0.350 e. The van der Waals surface area contributed by atoms with Crippen molar-refractivity contribution in [2.45, 2.75) is 13.5 Å². The first-order valence-corrected chi connectivity index (χ1v) is 6.19. The number of halogens is 3. The predicted octanol–water partition coefficient (Wildman–Crippen LogP) is 3.07. The van der Waals surface area contributed by atoms with Gasteiger partial charge >= 0.3 is 6.03 Å². The molecule has 1 heterocycles. The molecule has 0 spiro atoms. The molecule has 2 aromatic rings. The Bertz CT molecular complexity index is 682. The summed E-state index contributed by atoms with van der Waals surface area (Å²) in [7, 11) is 1.85. The molecule has 0 bridgehead atoms. The summed E-state index contributed by atoms with van der Waals surface area (Å²) in [4.78, 5) is 11.6. The molecule has 0 aliphatic heterocycles. The summed E-state index contributed by atoms with van der Waals surface area (Å²) in [5, 5.41) is 4.64. The van der Waals surface area contributed by atoms with Crippen LogP contribution in [-0.4, -0.2) is 10.6 Å². The number of aryl methyl sites for hydroxylation is 1. The highest BCUT2D eigenvalue weighted by atomic mass is 19.2. The van der Waals surface area contributed by atoms with E-state index in [0.717, 1.165) is 23.5 Å². The van der Waals surface area contributed by atoms with E-state index in [0.29, 0.717) is 0 Å². The van der Waals surface area contributed by atoms with Crippen LogP contribution in [0.3, 0.4) is 0 Å². The summed E-state index contributed by atoms with van der Waals surface area (Å²) in [5.74, 6) is -4.36. The van der Waals surface area contributed by atoms with E-state index in [1.165, 1.54) is 0 Å². The minimum atomic E-state index is -1.62. The van der Waals surface area contributed by atoms with Gasteiger partial charge in [-0.15, -0.1) is 0 Å². The standard InChI is InChI=1S/C14H14F3N3O/c1-8-3-4-9(20(8)2)7-18-14(21)19-11-6-5-10(15)12(16)13(11)17/h3-6H,7H2,1-2H3,(H2,18,19,21). The maximum Gasteiger partial charge on any atom is 0.319 e. The number of hydrogen-bond donors (Lipinski definition) is 2. The van der Waals surface area contributed by atoms with Crippen molar-refractivity contribution >= 4 is 11.7 Å². The van der Waals surface area contributed by atoms with E-state index in [2.05, 4.69) is 10.6 Å². The molecule has 0 radical (unpaired) electrons. The molecule has 21 heavy (non-hydrogen) atoms. The molecule has 0 unspecified atom stereocenters. The van der Waals surface area contributed by atoms with Gasteiger partial charge in [0.1, 0.15) is 0 Å². The average molecular weight is 297 g/mol.